The lowest BCUT2D eigenvalue weighted by Gasteiger charge is -2.07. The van der Waals surface area contributed by atoms with Gasteiger partial charge in [-0.1, -0.05) is 11.6 Å². The Balaban J connectivity index is 2.32. The maximum Gasteiger partial charge on any atom is 0.343 e. The largest absolute Gasteiger partial charge is 0.486 e. The molecular formula is C12H9ClO4. The van der Waals surface area contributed by atoms with E-state index in [2.05, 4.69) is 0 Å². The Hall–Kier alpha value is -1.52. The lowest BCUT2D eigenvalue weighted by molar-refractivity contribution is 0.136. The molecule has 0 saturated carbocycles. The van der Waals surface area contributed by atoms with Crippen LogP contribution in [0.4, 0.5) is 0 Å². The smallest absolute Gasteiger partial charge is 0.343 e. The molecular weight excluding hydrogens is 244 g/mol. The van der Waals surface area contributed by atoms with Crippen LogP contribution in [0, 0.1) is 0 Å². The monoisotopic (exact) mass is 252 g/mol. The molecule has 0 bridgehead atoms. The molecule has 1 atom stereocenters. The molecule has 4 nitrogen and oxygen atoms in total. The van der Waals surface area contributed by atoms with Crippen LogP contribution in [0.25, 0.3) is 11.0 Å². The molecule has 5 heteroatoms. The fraction of sp³-hybridized carbons (Fsp3) is 0.250. The first-order valence-electron chi connectivity index (χ1n) is 5.22. The van der Waals surface area contributed by atoms with E-state index >= 15 is 0 Å². The molecule has 88 valence electrons. The summed E-state index contributed by atoms with van der Waals surface area (Å²) in [4.78, 5) is 11.7. The first kappa shape index (κ1) is 10.6. The van der Waals surface area contributed by atoms with Gasteiger partial charge >= 0.3 is 5.63 Å². The maximum absolute atomic E-state index is 11.7. The lowest BCUT2D eigenvalue weighted by atomic mass is 10.1. The Morgan fingerprint density at radius 3 is 3.06 bits per heavy atom. The number of aliphatic hydroxyl groups is 1. The fourth-order valence-corrected chi connectivity index (χ4v) is 2.21. The average molecular weight is 253 g/mol. The van der Waals surface area contributed by atoms with Crippen molar-refractivity contribution in [2.45, 2.75) is 12.5 Å². The average Bonchev–Trinajstić information content (AvgIpc) is 2.75. The van der Waals surface area contributed by atoms with Crippen LogP contribution in [0.1, 0.15) is 5.56 Å². The van der Waals surface area contributed by atoms with Gasteiger partial charge in [0, 0.05) is 11.4 Å². The van der Waals surface area contributed by atoms with E-state index in [1.807, 2.05) is 0 Å². The minimum absolute atomic E-state index is 0.129. The van der Waals surface area contributed by atoms with E-state index in [0.29, 0.717) is 33.7 Å². The number of hydrogen-bond acceptors (Lipinski definition) is 4. The molecule has 1 aliphatic heterocycles. The van der Waals surface area contributed by atoms with Crippen molar-refractivity contribution < 1.29 is 14.3 Å². The van der Waals surface area contributed by atoms with E-state index in [1.165, 1.54) is 0 Å². The van der Waals surface area contributed by atoms with Gasteiger partial charge in [-0.25, -0.2) is 4.79 Å². The highest BCUT2D eigenvalue weighted by Crippen LogP contribution is 2.35. The van der Waals surface area contributed by atoms with Gasteiger partial charge in [0.05, 0.1) is 17.6 Å². The number of rotatable bonds is 1. The number of fused-ring (bicyclic) bond motifs is 3. The number of benzene rings is 1. The van der Waals surface area contributed by atoms with E-state index in [4.69, 9.17) is 25.9 Å². The van der Waals surface area contributed by atoms with Gasteiger partial charge in [-0.2, -0.15) is 0 Å². The van der Waals surface area contributed by atoms with Crippen LogP contribution in [0.5, 0.6) is 5.75 Å². The molecule has 3 rings (SSSR count). The van der Waals surface area contributed by atoms with Crippen molar-refractivity contribution in [2.24, 2.45) is 0 Å². The minimum atomic E-state index is -0.411. The molecule has 0 fully saturated rings. The van der Waals surface area contributed by atoms with Crippen molar-refractivity contribution >= 4 is 22.6 Å². The predicted molar refractivity (Wildman–Crippen MR) is 62.7 cm³/mol. The Kier molecular flexibility index (Phi) is 2.34. The molecule has 1 N–H and O–H groups in total. The summed E-state index contributed by atoms with van der Waals surface area (Å²) < 4.78 is 10.7. The standard InChI is InChI=1S/C12H9ClO4/c13-6-1-2-10-8(3-6)11-9(12(15)17-10)4-7(5-14)16-11/h1-3,7,14H,4-5H2. The topological polar surface area (TPSA) is 59.7 Å². The summed E-state index contributed by atoms with van der Waals surface area (Å²) in [6, 6.07) is 4.98. The molecule has 1 aromatic carbocycles. The Morgan fingerprint density at radius 1 is 1.47 bits per heavy atom. The van der Waals surface area contributed by atoms with Gasteiger partial charge in [-0.15, -0.1) is 0 Å². The van der Waals surface area contributed by atoms with Crippen LogP contribution >= 0.6 is 11.6 Å². The zero-order valence-electron chi connectivity index (χ0n) is 8.77. The van der Waals surface area contributed by atoms with E-state index in [-0.39, 0.29) is 12.7 Å². The normalized spacial score (nSPS) is 18.1. The van der Waals surface area contributed by atoms with Gasteiger partial charge in [0.15, 0.2) is 0 Å². The van der Waals surface area contributed by atoms with Crippen molar-refractivity contribution in [3.05, 3.63) is 39.2 Å². The number of aliphatic hydroxyl groups excluding tert-OH is 1. The molecule has 0 radical (unpaired) electrons. The first-order valence-corrected chi connectivity index (χ1v) is 5.59. The highest BCUT2D eigenvalue weighted by molar-refractivity contribution is 6.31. The van der Waals surface area contributed by atoms with E-state index in [9.17, 15) is 4.79 Å². The first-order chi connectivity index (χ1) is 8.19. The van der Waals surface area contributed by atoms with Crippen molar-refractivity contribution in [3.63, 3.8) is 0 Å². The van der Waals surface area contributed by atoms with Gasteiger partial charge in [0.25, 0.3) is 0 Å². The number of halogens is 1. The van der Waals surface area contributed by atoms with Crippen LogP contribution in [0.2, 0.25) is 5.02 Å². The van der Waals surface area contributed by atoms with Crippen LogP contribution < -0.4 is 10.4 Å². The SMILES string of the molecule is O=c1oc2ccc(Cl)cc2c2c1CC(CO)O2. The molecule has 1 unspecified atom stereocenters. The molecule has 2 aromatic rings. The number of ether oxygens (including phenoxy) is 1. The molecule has 0 aliphatic carbocycles. The van der Waals surface area contributed by atoms with Gasteiger partial charge in [0.1, 0.15) is 17.4 Å². The van der Waals surface area contributed by atoms with Gasteiger partial charge in [-0.05, 0) is 18.2 Å². The summed E-state index contributed by atoms with van der Waals surface area (Å²) in [6.45, 7) is -0.129. The molecule has 0 saturated heterocycles. The Bertz CT molecular complexity index is 647. The number of hydrogen-bond donors (Lipinski definition) is 1. The van der Waals surface area contributed by atoms with Crippen molar-refractivity contribution in [2.75, 3.05) is 6.61 Å². The fourth-order valence-electron chi connectivity index (χ4n) is 2.03. The zero-order chi connectivity index (χ0) is 12.0. The van der Waals surface area contributed by atoms with Gasteiger partial charge < -0.3 is 14.3 Å². The predicted octanol–water partition coefficient (Wildman–Crippen LogP) is 1.74. The second kappa shape index (κ2) is 3.75. The van der Waals surface area contributed by atoms with Crippen LogP contribution in [-0.2, 0) is 6.42 Å². The summed E-state index contributed by atoms with van der Waals surface area (Å²) in [5.41, 5.74) is 0.501. The second-order valence-corrected chi connectivity index (χ2v) is 4.40. The third kappa shape index (κ3) is 1.61. The molecule has 17 heavy (non-hydrogen) atoms. The van der Waals surface area contributed by atoms with E-state index in [1.54, 1.807) is 18.2 Å². The summed E-state index contributed by atoms with van der Waals surface area (Å²) in [6.07, 6.45) is -0.00568. The van der Waals surface area contributed by atoms with Crippen LogP contribution in [0.3, 0.4) is 0 Å². The molecule has 1 aromatic heterocycles. The maximum atomic E-state index is 11.7. The third-order valence-electron chi connectivity index (χ3n) is 2.83. The molecule has 0 amide bonds. The third-order valence-corrected chi connectivity index (χ3v) is 3.06. The highest BCUT2D eigenvalue weighted by Gasteiger charge is 2.28. The van der Waals surface area contributed by atoms with Gasteiger partial charge in [-0.3, -0.25) is 0 Å². The summed E-state index contributed by atoms with van der Waals surface area (Å²) >= 11 is 5.91. The lowest BCUT2D eigenvalue weighted by Crippen LogP contribution is -2.18. The molecule has 1 aliphatic rings. The summed E-state index contributed by atoms with van der Waals surface area (Å²) in [5.74, 6) is 0.484. The van der Waals surface area contributed by atoms with Crippen molar-refractivity contribution in [1.29, 1.82) is 0 Å². The Morgan fingerprint density at radius 2 is 2.29 bits per heavy atom. The van der Waals surface area contributed by atoms with Crippen molar-refractivity contribution in [1.82, 2.24) is 0 Å². The quantitative estimate of drug-likeness (QED) is 0.786. The van der Waals surface area contributed by atoms with Gasteiger partial charge in [0.2, 0.25) is 0 Å². The highest BCUT2D eigenvalue weighted by atomic mass is 35.5. The summed E-state index contributed by atoms with van der Waals surface area (Å²) in [7, 11) is 0. The minimum Gasteiger partial charge on any atom is -0.486 e. The van der Waals surface area contributed by atoms with Crippen LogP contribution in [-0.4, -0.2) is 17.8 Å². The van der Waals surface area contributed by atoms with E-state index in [0.717, 1.165) is 0 Å². The summed E-state index contributed by atoms with van der Waals surface area (Å²) in [5, 5.41) is 10.3. The zero-order valence-corrected chi connectivity index (χ0v) is 9.53. The Labute approximate surface area is 101 Å². The second-order valence-electron chi connectivity index (χ2n) is 3.96. The van der Waals surface area contributed by atoms with Crippen molar-refractivity contribution in [3.8, 4) is 5.75 Å². The molecule has 2 heterocycles. The van der Waals surface area contributed by atoms with E-state index < -0.39 is 5.63 Å². The molecule has 0 spiro atoms. The van der Waals surface area contributed by atoms with Crippen LogP contribution in [0.15, 0.2) is 27.4 Å².